The van der Waals surface area contributed by atoms with Gasteiger partial charge in [0.05, 0.1) is 0 Å². The summed E-state index contributed by atoms with van der Waals surface area (Å²) in [5, 5.41) is 8.80. The topological polar surface area (TPSA) is 66.6 Å². The standard InChI is InChI=1S/C10H18N2O2/c11-9(8-1-2-8)3-10(14)12-4-7(5-12)6-13/h7-9,13H,1-6,11H2. The van der Waals surface area contributed by atoms with Crippen molar-refractivity contribution in [2.75, 3.05) is 19.7 Å². The molecule has 14 heavy (non-hydrogen) atoms. The number of likely N-dealkylation sites (tertiary alicyclic amines) is 1. The van der Waals surface area contributed by atoms with Crippen molar-refractivity contribution in [2.45, 2.75) is 25.3 Å². The first kappa shape index (κ1) is 9.93. The molecule has 1 aliphatic carbocycles. The monoisotopic (exact) mass is 198 g/mol. The number of carbonyl (C=O) groups is 1. The number of aliphatic hydroxyl groups is 1. The molecule has 4 nitrogen and oxygen atoms in total. The van der Waals surface area contributed by atoms with E-state index in [0.717, 1.165) is 0 Å². The summed E-state index contributed by atoms with van der Waals surface area (Å²) in [6.45, 7) is 1.62. The molecule has 2 fully saturated rings. The van der Waals surface area contributed by atoms with Crippen molar-refractivity contribution >= 4 is 5.91 Å². The van der Waals surface area contributed by atoms with Crippen LogP contribution in [0.5, 0.6) is 0 Å². The Balaban J connectivity index is 1.68. The summed E-state index contributed by atoms with van der Waals surface area (Å²) in [4.78, 5) is 13.4. The van der Waals surface area contributed by atoms with Crippen molar-refractivity contribution in [3.05, 3.63) is 0 Å². The van der Waals surface area contributed by atoms with Gasteiger partial charge in [0.15, 0.2) is 0 Å². The summed E-state index contributed by atoms with van der Waals surface area (Å²) in [7, 11) is 0. The fraction of sp³-hybridized carbons (Fsp3) is 0.900. The lowest BCUT2D eigenvalue weighted by atomic mass is 9.99. The van der Waals surface area contributed by atoms with Crippen LogP contribution in [-0.4, -0.2) is 41.7 Å². The third-order valence-corrected chi connectivity index (χ3v) is 3.21. The van der Waals surface area contributed by atoms with Crippen molar-refractivity contribution in [1.29, 1.82) is 0 Å². The number of nitrogens with zero attached hydrogens (tertiary/aromatic N) is 1. The van der Waals surface area contributed by atoms with Gasteiger partial charge < -0.3 is 15.7 Å². The van der Waals surface area contributed by atoms with Gasteiger partial charge in [0, 0.05) is 38.1 Å². The van der Waals surface area contributed by atoms with Crippen molar-refractivity contribution in [1.82, 2.24) is 4.90 Å². The third kappa shape index (κ3) is 2.07. The van der Waals surface area contributed by atoms with Crippen molar-refractivity contribution in [3.63, 3.8) is 0 Å². The largest absolute Gasteiger partial charge is 0.396 e. The minimum absolute atomic E-state index is 0.0654. The molecular weight excluding hydrogens is 180 g/mol. The van der Waals surface area contributed by atoms with Crippen LogP contribution in [0.2, 0.25) is 0 Å². The van der Waals surface area contributed by atoms with E-state index in [9.17, 15) is 4.79 Å². The Labute approximate surface area is 84.1 Å². The predicted octanol–water partition coefficient (Wildman–Crippen LogP) is -0.436. The highest BCUT2D eigenvalue weighted by molar-refractivity contribution is 5.77. The van der Waals surface area contributed by atoms with Crippen molar-refractivity contribution < 1.29 is 9.90 Å². The van der Waals surface area contributed by atoms with Crippen LogP contribution in [0.15, 0.2) is 0 Å². The summed E-state index contributed by atoms with van der Waals surface area (Å²) in [6, 6.07) is 0.0654. The Morgan fingerprint density at radius 2 is 2.14 bits per heavy atom. The van der Waals surface area contributed by atoms with Crippen LogP contribution in [0.3, 0.4) is 0 Å². The van der Waals surface area contributed by atoms with E-state index in [2.05, 4.69) is 0 Å². The molecule has 0 spiro atoms. The normalized spacial score (nSPS) is 24.6. The van der Waals surface area contributed by atoms with Crippen LogP contribution in [0.25, 0.3) is 0 Å². The van der Waals surface area contributed by atoms with E-state index in [1.54, 1.807) is 4.90 Å². The van der Waals surface area contributed by atoms with E-state index >= 15 is 0 Å². The highest BCUT2D eigenvalue weighted by atomic mass is 16.3. The molecule has 1 saturated carbocycles. The first-order valence-corrected chi connectivity index (χ1v) is 5.35. The lowest BCUT2D eigenvalue weighted by Gasteiger charge is -2.38. The maximum atomic E-state index is 11.6. The zero-order valence-corrected chi connectivity index (χ0v) is 8.35. The Kier molecular flexibility index (Phi) is 2.74. The van der Waals surface area contributed by atoms with Gasteiger partial charge in [0.25, 0.3) is 0 Å². The van der Waals surface area contributed by atoms with Crippen LogP contribution < -0.4 is 5.73 Å². The van der Waals surface area contributed by atoms with Gasteiger partial charge in [-0.25, -0.2) is 0 Å². The van der Waals surface area contributed by atoms with Gasteiger partial charge in [0.1, 0.15) is 0 Å². The minimum Gasteiger partial charge on any atom is -0.396 e. The summed E-state index contributed by atoms with van der Waals surface area (Å²) >= 11 is 0. The first-order chi connectivity index (χ1) is 6.70. The lowest BCUT2D eigenvalue weighted by Crippen LogP contribution is -2.52. The maximum absolute atomic E-state index is 11.6. The van der Waals surface area contributed by atoms with Crippen LogP contribution >= 0.6 is 0 Å². The molecule has 3 N–H and O–H groups in total. The number of hydrogen-bond donors (Lipinski definition) is 2. The number of hydrogen-bond acceptors (Lipinski definition) is 3. The molecule has 1 saturated heterocycles. The van der Waals surface area contributed by atoms with Crippen LogP contribution in [0, 0.1) is 11.8 Å². The van der Waals surface area contributed by atoms with Gasteiger partial charge in [0.2, 0.25) is 5.91 Å². The molecule has 0 aromatic carbocycles. The molecule has 2 aliphatic rings. The van der Waals surface area contributed by atoms with E-state index in [1.165, 1.54) is 12.8 Å². The van der Waals surface area contributed by atoms with Gasteiger partial charge >= 0.3 is 0 Å². The number of aliphatic hydroxyl groups excluding tert-OH is 1. The highest BCUT2D eigenvalue weighted by Gasteiger charge is 2.34. The molecule has 0 aromatic heterocycles. The summed E-state index contributed by atoms with van der Waals surface area (Å²) in [6.07, 6.45) is 2.87. The quantitative estimate of drug-likeness (QED) is 0.644. The molecule has 1 atom stereocenters. The fourth-order valence-corrected chi connectivity index (χ4v) is 1.91. The predicted molar refractivity (Wildman–Crippen MR) is 52.5 cm³/mol. The highest BCUT2D eigenvalue weighted by Crippen LogP contribution is 2.33. The van der Waals surface area contributed by atoms with E-state index in [0.29, 0.717) is 31.3 Å². The van der Waals surface area contributed by atoms with E-state index < -0.39 is 0 Å². The van der Waals surface area contributed by atoms with Crippen molar-refractivity contribution in [2.24, 2.45) is 17.6 Å². The fourth-order valence-electron chi connectivity index (χ4n) is 1.91. The molecule has 1 aliphatic heterocycles. The molecule has 0 bridgehead atoms. The molecule has 80 valence electrons. The van der Waals surface area contributed by atoms with Gasteiger partial charge in [-0.3, -0.25) is 4.79 Å². The van der Waals surface area contributed by atoms with Crippen LogP contribution in [0.4, 0.5) is 0 Å². The minimum atomic E-state index is 0.0654. The second-order valence-corrected chi connectivity index (χ2v) is 4.55. The number of carbonyl (C=O) groups excluding carboxylic acids is 1. The Hall–Kier alpha value is -0.610. The summed E-state index contributed by atoms with van der Waals surface area (Å²) in [5.41, 5.74) is 5.87. The van der Waals surface area contributed by atoms with E-state index in [-0.39, 0.29) is 18.6 Å². The molecule has 1 heterocycles. The molecular formula is C10H18N2O2. The average molecular weight is 198 g/mol. The van der Waals surface area contributed by atoms with E-state index in [4.69, 9.17) is 10.8 Å². The van der Waals surface area contributed by atoms with Gasteiger partial charge in [-0.1, -0.05) is 0 Å². The third-order valence-electron chi connectivity index (χ3n) is 3.21. The van der Waals surface area contributed by atoms with Crippen LogP contribution in [-0.2, 0) is 4.79 Å². The Morgan fingerprint density at radius 1 is 1.50 bits per heavy atom. The zero-order chi connectivity index (χ0) is 10.1. The summed E-state index contributed by atoms with van der Waals surface area (Å²) < 4.78 is 0. The number of amides is 1. The molecule has 4 heteroatoms. The lowest BCUT2D eigenvalue weighted by molar-refractivity contribution is -0.138. The van der Waals surface area contributed by atoms with Crippen molar-refractivity contribution in [3.8, 4) is 0 Å². The number of nitrogens with two attached hydrogens (primary N) is 1. The zero-order valence-electron chi connectivity index (χ0n) is 8.35. The molecule has 1 unspecified atom stereocenters. The Morgan fingerprint density at radius 3 is 2.64 bits per heavy atom. The smallest absolute Gasteiger partial charge is 0.224 e. The van der Waals surface area contributed by atoms with Gasteiger partial charge in [-0.2, -0.15) is 0 Å². The second kappa shape index (κ2) is 3.87. The summed E-state index contributed by atoms with van der Waals surface area (Å²) in [5.74, 6) is 1.05. The van der Waals surface area contributed by atoms with E-state index in [1.807, 2.05) is 0 Å². The molecule has 2 rings (SSSR count). The average Bonchev–Trinajstić information content (AvgIpc) is 2.83. The molecule has 1 amide bonds. The van der Waals surface area contributed by atoms with Gasteiger partial charge in [-0.05, 0) is 18.8 Å². The molecule has 0 radical (unpaired) electrons. The first-order valence-electron chi connectivity index (χ1n) is 5.35. The maximum Gasteiger partial charge on any atom is 0.224 e. The Bertz CT molecular complexity index is 222. The SMILES string of the molecule is NC(CC(=O)N1CC(CO)C1)C1CC1. The number of rotatable bonds is 4. The second-order valence-electron chi connectivity index (χ2n) is 4.55. The van der Waals surface area contributed by atoms with Crippen LogP contribution in [0.1, 0.15) is 19.3 Å². The molecule has 0 aromatic rings. The van der Waals surface area contributed by atoms with Gasteiger partial charge in [-0.15, -0.1) is 0 Å².